The third-order valence-electron chi connectivity index (χ3n) is 2.86. The fourth-order valence-corrected chi connectivity index (χ4v) is 2.69. The molecule has 0 saturated heterocycles. The van der Waals surface area contributed by atoms with E-state index in [1.54, 1.807) is 12.1 Å². The summed E-state index contributed by atoms with van der Waals surface area (Å²) in [5, 5.41) is 0. The Morgan fingerprint density at radius 1 is 1.06 bits per heavy atom. The van der Waals surface area contributed by atoms with Crippen molar-refractivity contribution in [2.45, 2.75) is 18.2 Å². The molecule has 18 heavy (non-hydrogen) atoms. The Hall–Kier alpha value is -1.26. The largest absolute Gasteiger partial charge is 0.227 e. The van der Waals surface area contributed by atoms with E-state index in [-0.39, 0.29) is 4.90 Å². The van der Waals surface area contributed by atoms with Crippen LogP contribution in [0.25, 0.3) is 0 Å². The van der Waals surface area contributed by atoms with E-state index in [0.717, 1.165) is 23.1 Å². The van der Waals surface area contributed by atoms with Gasteiger partial charge in [0.2, 0.25) is 8.87 Å². The van der Waals surface area contributed by atoms with Gasteiger partial charge in [-0.05, 0) is 53.8 Å². The summed E-state index contributed by atoms with van der Waals surface area (Å²) in [5.41, 5.74) is 3.25. The predicted molar refractivity (Wildman–Crippen MR) is 76.6 cm³/mol. The molecular weight excluding hydrogens is 264 g/mol. The number of aryl methyl sites for hydroxylation is 1. The summed E-state index contributed by atoms with van der Waals surface area (Å²) >= 11 is 3.62. The van der Waals surface area contributed by atoms with Crippen molar-refractivity contribution in [2.75, 3.05) is 0 Å². The molecule has 0 bridgehead atoms. The summed E-state index contributed by atoms with van der Waals surface area (Å²) in [6.45, 7) is 1.98. The molecule has 0 fully saturated rings. The molecule has 0 radical (unpaired) electrons. The van der Waals surface area contributed by atoms with Crippen molar-refractivity contribution in [3.8, 4) is 0 Å². The van der Waals surface area contributed by atoms with Crippen LogP contribution < -0.4 is 0 Å². The summed E-state index contributed by atoms with van der Waals surface area (Å²) in [6, 6.07) is 15.1. The summed E-state index contributed by atoms with van der Waals surface area (Å²) in [7, 11) is -3.44. The zero-order chi connectivity index (χ0) is 13.2. The first-order chi connectivity index (χ1) is 8.47. The molecule has 0 spiro atoms. The number of thiol groups is 1. The van der Waals surface area contributed by atoms with Crippen LogP contribution in [-0.4, -0.2) is 8.42 Å². The normalized spacial score (nSPS) is 11.4. The quantitative estimate of drug-likeness (QED) is 0.691. The molecule has 2 aromatic rings. The highest BCUT2D eigenvalue weighted by Gasteiger charge is 2.10. The second-order valence-electron chi connectivity index (χ2n) is 4.23. The lowest BCUT2D eigenvalue weighted by atomic mass is 10.0. The van der Waals surface area contributed by atoms with Crippen LogP contribution in [0.2, 0.25) is 0 Å². The van der Waals surface area contributed by atoms with Crippen LogP contribution in [0.3, 0.4) is 0 Å². The van der Waals surface area contributed by atoms with Crippen LogP contribution in [-0.2, 0) is 15.3 Å². The summed E-state index contributed by atoms with van der Waals surface area (Å²) in [5.74, 6) is 0. The lowest BCUT2D eigenvalue weighted by Gasteiger charge is -2.08. The van der Waals surface area contributed by atoms with Crippen molar-refractivity contribution >= 4 is 20.5 Å². The molecule has 0 heterocycles. The second kappa shape index (κ2) is 5.16. The van der Waals surface area contributed by atoms with E-state index in [2.05, 4.69) is 11.7 Å². The van der Waals surface area contributed by atoms with Crippen LogP contribution in [0.4, 0.5) is 0 Å². The molecule has 0 aliphatic rings. The molecule has 0 unspecified atom stereocenters. The topological polar surface area (TPSA) is 34.1 Å². The molecule has 2 aromatic carbocycles. The summed E-state index contributed by atoms with van der Waals surface area (Å²) < 4.78 is 22.8. The third-order valence-corrected chi connectivity index (χ3v) is 4.34. The monoisotopic (exact) mass is 278 g/mol. The highest BCUT2D eigenvalue weighted by Crippen LogP contribution is 2.21. The average Bonchev–Trinajstić information content (AvgIpc) is 2.32. The van der Waals surface area contributed by atoms with Gasteiger partial charge in [0.15, 0.2) is 0 Å². The van der Waals surface area contributed by atoms with Gasteiger partial charge in [0, 0.05) is 0 Å². The van der Waals surface area contributed by atoms with Crippen molar-refractivity contribution in [3.63, 3.8) is 0 Å². The predicted octanol–water partition coefficient (Wildman–Crippen LogP) is 3.20. The van der Waals surface area contributed by atoms with Crippen molar-refractivity contribution in [3.05, 3.63) is 65.2 Å². The molecule has 2 rings (SSSR count). The van der Waals surface area contributed by atoms with Crippen LogP contribution in [0.1, 0.15) is 16.7 Å². The van der Waals surface area contributed by atoms with Gasteiger partial charge >= 0.3 is 0 Å². The Balaban J connectivity index is 2.39. The fraction of sp³-hybridized carbons (Fsp3) is 0.143. The maximum atomic E-state index is 11.4. The van der Waals surface area contributed by atoms with Gasteiger partial charge in [-0.25, -0.2) is 8.42 Å². The van der Waals surface area contributed by atoms with E-state index in [1.807, 2.05) is 43.3 Å². The van der Waals surface area contributed by atoms with E-state index in [4.69, 9.17) is 0 Å². The van der Waals surface area contributed by atoms with Crippen molar-refractivity contribution in [2.24, 2.45) is 0 Å². The zero-order valence-electron chi connectivity index (χ0n) is 10.00. The lowest BCUT2D eigenvalue weighted by Crippen LogP contribution is -1.97. The Labute approximate surface area is 112 Å². The Morgan fingerprint density at radius 2 is 1.72 bits per heavy atom. The van der Waals surface area contributed by atoms with Gasteiger partial charge in [0.25, 0.3) is 0 Å². The lowest BCUT2D eigenvalue weighted by molar-refractivity contribution is 0.610. The SMILES string of the molecule is Cc1ccc(S(=O)(=O)S)cc1Cc1ccccc1. The minimum Gasteiger partial charge on any atom is -0.212 e. The van der Waals surface area contributed by atoms with Crippen LogP contribution in [0.5, 0.6) is 0 Å². The number of hydrogen-bond acceptors (Lipinski definition) is 2. The molecule has 0 saturated carbocycles. The number of benzene rings is 2. The van der Waals surface area contributed by atoms with Gasteiger partial charge in [0.1, 0.15) is 0 Å². The van der Waals surface area contributed by atoms with Crippen LogP contribution in [0, 0.1) is 6.92 Å². The second-order valence-corrected chi connectivity index (χ2v) is 7.09. The molecular formula is C14H14O2S2. The van der Waals surface area contributed by atoms with Gasteiger partial charge in [-0.1, -0.05) is 36.4 Å². The molecule has 0 amide bonds. The molecule has 0 atom stereocenters. The van der Waals surface area contributed by atoms with Gasteiger partial charge in [-0.3, -0.25) is 0 Å². The molecule has 0 aromatic heterocycles. The Morgan fingerprint density at radius 3 is 2.33 bits per heavy atom. The van der Waals surface area contributed by atoms with Gasteiger partial charge in [-0.2, -0.15) is 0 Å². The first-order valence-corrected chi connectivity index (χ1v) is 8.11. The third kappa shape index (κ3) is 3.15. The first-order valence-electron chi connectivity index (χ1n) is 5.58. The van der Waals surface area contributed by atoms with E-state index < -0.39 is 8.87 Å². The molecule has 0 aliphatic heterocycles. The molecule has 2 nitrogen and oxygen atoms in total. The molecule has 0 N–H and O–H groups in total. The average molecular weight is 278 g/mol. The fourth-order valence-electron chi connectivity index (χ4n) is 1.81. The van der Waals surface area contributed by atoms with E-state index in [1.165, 1.54) is 0 Å². The zero-order valence-corrected chi connectivity index (χ0v) is 11.7. The Kier molecular flexibility index (Phi) is 3.78. The van der Waals surface area contributed by atoms with Crippen molar-refractivity contribution in [1.29, 1.82) is 0 Å². The Bertz CT molecular complexity index is 647. The molecule has 94 valence electrons. The standard InChI is InChI=1S/C14H14O2S2/c1-11-7-8-14(18(15,16)17)10-13(11)9-12-5-3-2-4-6-12/h2-8,10H,9H2,1H3,(H,15,16,17). The van der Waals surface area contributed by atoms with Gasteiger partial charge in [-0.15, -0.1) is 0 Å². The molecule has 0 aliphatic carbocycles. The molecule has 4 heteroatoms. The van der Waals surface area contributed by atoms with Gasteiger partial charge in [0.05, 0.1) is 4.90 Å². The first kappa shape index (κ1) is 13.2. The van der Waals surface area contributed by atoms with E-state index >= 15 is 0 Å². The van der Waals surface area contributed by atoms with E-state index in [0.29, 0.717) is 0 Å². The smallest absolute Gasteiger partial charge is 0.212 e. The summed E-state index contributed by atoms with van der Waals surface area (Å²) in [6.07, 6.45) is 0.726. The maximum absolute atomic E-state index is 11.4. The maximum Gasteiger partial charge on any atom is 0.227 e. The summed E-state index contributed by atoms with van der Waals surface area (Å²) in [4.78, 5) is 0.252. The highest BCUT2D eigenvalue weighted by molar-refractivity contribution is 8.63. The van der Waals surface area contributed by atoms with Crippen LogP contribution >= 0.6 is 11.7 Å². The van der Waals surface area contributed by atoms with Gasteiger partial charge < -0.3 is 0 Å². The van der Waals surface area contributed by atoms with Crippen molar-refractivity contribution < 1.29 is 8.42 Å². The van der Waals surface area contributed by atoms with Crippen molar-refractivity contribution in [1.82, 2.24) is 0 Å². The van der Waals surface area contributed by atoms with Crippen LogP contribution in [0.15, 0.2) is 53.4 Å². The number of hydrogen-bond donors (Lipinski definition) is 1. The minimum absolute atomic E-state index is 0.252. The highest BCUT2D eigenvalue weighted by atomic mass is 33.1. The minimum atomic E-state index is -3.44. The van der Waals surface area contributed by atoms with E-state index in [9.17, 15) is 8.42 Å². The number of rotatable bonds is 3.